The molecule has 19 heavy (non-hydrogen) atoms. The SMILES string of the molecule is Cc1ccc(Nc2nc(N)nc3sccc23)cc1Br. The number of fused-ring (bicyclic) bond motifs is 1. The number of thiophene rings is 1. The monoisotopic (exact) mass is 334 g/mol. The van der Waals surface area contributed by atoms with Crippen LogP contribution in [0.3, 0.4) is 0 Å². The van der Waals surface area contributed by atoms with Crippen LogP contribution < -0.4 is 11.1 Å². The number of aryl methyl sites for hydroxylation is 1. The maximum Gasteiger partial charge on any atom is 0.223 e. The Morgan fingerprint density at radius 3 is 2.89 bits per heavy atom. The minimum Gasteiger partial charge on any atom is -0.368 e. The van der Waals surface area contributed by atoms with Crippen molar-refractivity contribution in [1.29, 1.82) is 0 Å². The first kappa shape index (κ1) is 12.4. The van der Waals surface area contributed by atoms with E-state index < -0.39 is 0 Å². The Hall–Kier alpha value is -1.66. The molecule has 6 heteroatoms. The number of nitrogen functional groups attached to an aromatic ring is 1. The molecule has 0 fully saturated rings. The van der Waals surface area contributed by atoms with Gasteiger partial charge < -0.3 is 11.1 Å². The molecule has 4 nitrogen and oxygen atoms in total. The summed E-state index contributed by atoms with van der Waals surface area (Å²) in [4.78, 5) is 9.36. The Kier molecular flexibility index (Phi) is 3.12. The summed E-state index contributed by atoms with van der Waals surface area (Å²) in [6.07, 6.45) is 0. The van der Waals surface area contributed by atoms with E-state index in [1.165, 1.54) is 5.56 Å². The van der Waals surface area contributed by atoms with Crippen LogP contribution in [-0.2, 0) is 0 Å². The third-order valence-corrected chi connectivity index (χ3v) is 4.44. The van der Waals surface area contributed by atoms with Gasteiger partial charge in [0.25, 0.3) is 0 Å². The average molecular weight is 335 g/mol. The summed E-state index contributed by atoms with van der Waals surface area (Å²) >= 11 is 5.07. The van der Waals surface area contributed by atoms with Crippen molar-refractivity contribution in [2.24, 2.45) is 0 Å². The van der Waals surface area contributed by atoms with Crippen LogP contribution in [0.15, 0.2) is 34.1 Å². The molecule has 0 aliphatic rings. The van der Waals surface area contributed by atoms with E-state index in [-0.39, 0.29) is 5.95 Å². The lowest BCUT2D eigenvalue weighted by atomic mass is 10.2. The van der Waals surface area contributed by atoms with Crippen LogP contribution in [0.2, 0.25) is 0 Å². The Morgan fingerprint density at radius 2 is 2.11 bits per heavy atom. The molecule has 0 bridgehead atoms. The third kappa shape index (κ3) is 2.41. The Balaban J connectivity index is 2.04. The lowest BCUT2D eigenvalue weighted by Crippen LogP contribution is -2.00. The summed E-state index contributed by atoms with van der Waals surface area (Å²) in [5.74, 6) is 1.02. The zero-order valence-corrected chi connectivity index (χ0v) is 12.5. The van der Waals surface area contributed by atoms with E-state index in [0.29, 0.717) is 0 Å². The molecule has 3 aromatic rings. The van der Waals surface area contributed by atoms with Crippen LogP contribution in [-0.4, -0.2) is 9.97 Å². The first-order chi connectivity index (χ1) is 9.13. The van der Waals surface area contributed by atoms with E-state index in [1.807, 2.05) is 36.6 Å². The Morgan fingerprint density at radius 1 is 1.26 bits per heavy atom. The number of anilines is 3. The van der Waals surface area contributed by atoms with Crippen LogP contribution in [0.5, 0.6) is 0 Å². The van der Waals surface area contributed by atoms with Crippen LogP contribution in [0.4, 0.5) is 17.5 Å². The van der Waals surface area contributed by atoms with Gasteiger partial charge in [0.2, 0.25) is 5.95 Å². The van der Waals surface area contributed by atoms with Gasteiger partial charge in [-0.1, -0.05) is 22.0 Å². The molecular weight excluding hydrogens is 324 g/mol. The molecule has 0 radical (unpaired) electrons. The molecule has 0 aliphatic carbocycles. The van der Waals surface area contributed by atoms with Gasteiger partial charge in [-0.05, 0) is 36.1 Å². The summed E-state index contributed by atoms with van der Waals surface area (Å²) in [6, 6.07) is 8.06. The zero-order valence-electron chi connectivity index (χ0n) is 10.1. The predicted molar refractivity (Wildman–Crippen MR) is 84.0 cm³/mol. The second kappa shape index (κ2) is 4.79. The fourth-order valence-electron chi connectivity index (χ4n) is 1.77. The second-order valence-corrected chi connectivity index (χ2v) is 5.91. The largest absolute Gasteiger partial charge is 0.368 e. The van der Waals surface area contributed by atoms with Gasteiger partial charge in [0, 0.05) is 10.2 Å². The number of nitrogens with one attached hydrogen (secondary N) is 1. The van der Waals surface area contributed by atoms with Gasteiger partial charge >= 0.3 is 0 Å². The van der Waals surface area contributed by atoms with Gasteiger partial charge in [-0.3, -0.25) is 0 Å². The van der Waals surface area contributed by atoms with Crippen molar-refractivity contribution < 1.29 is 0 Å². The fraction of sp³-hybridized carbons (Fsp3) is 0.0769. The highest BCUT2D eigenvalue weighted by atomic mass is 79.9. The molecule has 3 rings (SSSR count). The average Bonchev–Trinajstić information content (AvgIpc) is 2.82. The van der Waals surface area contributed by atoms with Gasteiger partial charge in [-0.15, -0.1) is 11.3 Å². The highest BCUT2D eigenvalue weighted by Crippen LogP contribution is 2.29. The van der Waals surface area contributed by atoms with Gasteiger partial charge in [0.1, 0.15) is 10.6 Å². The van der Waals surface area contributed by atoms with Crippen molar-refractivity contribution in [3.63, 3.8) is 0 Å². The molecule has 0 saturated heterocycles. The molecule has 0 atom stereocenters. The zero-order chi connectivity index (χ0) is 13.4. The minimum absolute atomic E-state index is 0.281. The molecule has 2 aromatic heterocycles. The standard InChI is InChI=1S/C13H11BrN4S/c1-7-2-3-8(6-10(7)14)16-11-9-4-5-19-12(9)18-13(15)17-11/h2-6H,1H3,(H3,15,16,17,18). The van der Waals surface area contributed by atoms with Crippen molar-refractivity contribution in [1.82, 2.24) is 9.97 Å². The van der Waals surface area contributed by atoms with Gasteiger partial charge in [0.15, 0.2) is 0 Å². The van der Waals surface area contributed by atoms with E-state index in [9.17, 15) is 0 Å². The number of aromatic nitrogens is 2. The smallest absolute Gasteiger partial charge is 0.223 e. The number of halogens is 1. The molecule has 0 spiro atoms. The summed E-state index contributed by atoms with van der Waals surface area (Å²) in [5.41, 5.74) is 7.88. The summed E-state index contributed by atoms with van der Waals surface area (Å²) in [5, 5.41) is 6.25. The first-order valence-electron chi connectivity index (χ1n) is 5.67. The Labute approximate surface area is 122 Å². The molecule has 0 unspecified atom stereocenters. The number of nitrogens with zero attached hydrogens (tertiary/aromatic N) is 2. The second-order valence-electron chi connectivity index (χ2n) is 4.16. The number of hydrogen-bond donors (Lipinski definition) is 2. The minimum atomic E-state index is 0.281. The van der Waals surface area contributed by atoms with E-state index in [0.717, 1.165) is 26.2 Å². The van der Waals surface area contributed by atoms with E-state index in [1.54, 1.807) is 11.3 Å². The maximum absolute atomic E-state index is 5.73. The number of nitrogens with two attached hydrogens (primary N) is 1. The lowest BCUT2D eigenvalue weighted by molar-refractivity contribution is 1.24. The molecular formula is C13H11BrN4S. The van der Waals surface area contributed by atoms with E-state index >= 15 is 0 Å². The highest BCUT2D eigenvalue weighted by Gasteiger charge is 2.08. The maximum atomic E-state index is 5.73. The summed E-state index contributed by atoms with van der Waals surface area (Å²) < 4.78 is 1.06. The molecule has 1 aromatic carbocycles. The van der Waals surface area contributed by atoms with Crippen molar-refractivity contribution >= 4 is 54.9 Å². The van der Waals surface area contributed by atoms with Crippen LogP contribution in [0.1, 0.15) is 5.56 Å². The van der Waals surface area contributed by atoms with Crippen molar-refractivity contribution in [3.05, 3.63) is 39.7 Å². The van der Waals surface area contributed by atoms with Crippen LogP contribution >= 0.6 is 27.3 Å². The molecule has 2 heterocycles. The summed E-state index contributed by atoms with van der Waals surface area (Å²) in [6.45, 7) is 2.05. The van der Waals surface area contributed by atoms with Crippen molar-refractivity contribution in [2.75, 3.05) is 11.1 Å². The third-order valence-electron chi connectivity index (χ3n) is 2.78. The molecule has 3 N–H and O–H groups in total. The van der Waals surface area contributed by atoms with Gasteiger partial charge in [-0.25, -0.2) is 4.98 Å². The van der Waals surface area contributed by atoms with Crippen molar-refractivity contribution in [2.45, 2.75) is 6.92 Å². The molecule has 0 aliphatic heterocycles. The van der Waals surface area contributed by atoms with Gasteiger partial charge in [0.05, 0.1) is 5.39 Å². The Bertz CT molecular complexity index is 753. The lowest BCUT2D eigenvalue weighted by Gasteiger charge is -2.08. The van der Waals surface area contributed by atoms with Crippen molar-refractivity contribution in [3.8, 4) is 0 Å². The normalized spacial score (nSPS) is 10.8. The van der Waals surface area contributed by atoms with E-state index in [2.05, 4.69) is 31.2 Å². The molecule has 96 valence electrons. The van der Waals surface area contributed by atoms with Gasteiger partial charge in [-0.2, -0.15) is 4.98 Å². The van der Waals surface area contributed by atoms with E-state index in [4.69, 9.17) is 5.73 Å². The topological polar surface area (TPSA) is 63.8 Å². The van der Waals surface area contributed by atoms with Crippen LogP contribution in [0.25, 0.3) is 10.2 Å². The molecule has 0 saturated carbocycles. The molecule has 0 amide bonds. The fourth-order valence-corrected chi connectivity index (χ4v) is 2.92. The number of rotatable bonds is 2. The first-order valence-corrected chi connectivity index (χ1v) is 7.34. The quantitative estimate of drug-likeness (QED) is 0.740. The summed E-state index contributed by atoms with van der Waals surface area (Å²) in [7, 11) is 0. The van der Waals surface area contributed by atoms with Crippen LogP contribution in [0, 0.1) is 6.92 Å². The number of benzene rings is 1. The number of hydrogen-bond acceptors (Lipinski definition) is 5. The highest BCUT2D eigenvalue weighted by molar-refractivity contribution is 9.10. The predicted octanol–water partition coefficient (Wildman–Crippen LogP) is 4.09.